The third-order valence-electron chi connectivity index (χ3n) is 10.3. The van der Waals surface area contributed by atoms with Crippen LogP contribution in [0.25, 0.3) is 0 Å². The molecular weight excluding hydrogens is 644 g/mol. The Morgan fingerprint density at radius 3 is 1.36 bits per heavy atom. The fourth-order valence-electron chi connectivity index (χ4n) is 7.26. The number of nitrogens with one attached hydrogen (secondary N) is 2. The van der Waals surface area contributed by atoms with E-state index in [1.165, 1.54) is 160 Å². The second-order valence-corrected chi connectivity index (χ2v) is 15.7. The first kappa shape index (κ1) is 40.4. The van der Waals surface area contributed by atoms with Gasteiger partial charge in [0.2, 0.25) is 0 Å². The summed E-state index contributed by atoms with van der Waals surface area (Å²) in [6, 6.07) is 0. The van der Waals surface area contributed by atoms with Crippen molar-refractivity contribution in [1.82, 2.24) is 10.6 Å². The molecule has 0 bridgehead atoms. The lowest BCUT2D eigenvalue weighted by atomic mass is 9.70. The summed E-state index contributed by atoms with van der Waals surface area (Å²) in [5.41, 5.74) is 1.60. The minimum atomic E-state index is -0.143. The van der Waals surface area contributed by atoms with Crippen molar-refractivity contribution in [2.24, 2.45) is 0 Å². The van der Waals surface area contributed by atoms with Gasteiger partial charge in [-0.25, -0.2) is 0 Å². The summed E-state index contributed by atoms with van der Waals surface area (Å²) < 4.78 is -0.143. The van der Waals surface area contributed by atoms with Gasteiger partial charge in [-0.1, -0.05) is 206 Å². The largest absolute Gasteiger partial charge is 0.313 e. The zero-order valence-corrected chi connectivity index (χ0v) is 32.2. The first-order valence-electron chi connectivity index (χ1n) is 18.5. The van der Waals surface area contributed by atoms with Gasteiger partial charge in [-0.2, -0.15) is 0 Å². The van der Waals surface area contributed by atoms with Gasteiger partial charge in [-0.05, 0) is 45.4 Å². The van der Waals surface area contributed by atoms with Gasteiger partial charge in [0.25, 0.3) is 0 Å². The van der Waals surface area contributed by atoms with Crippen molar-refractivity contribution in [2.75, 3.05) is 14.1 Å². The number of likely N-dealkylation sites (N-methyl/N-ethyl adjacent to an activating group) is 1. The maximum absolute atomic E-state index is 4.42. The predicted molar refractivity (Wildman–Crippen MR) is 199 cm³/mol. The Morgan fingerprint density at radius 1 is 0.595 bits per heavy atom. The highest BCUT2D eigenvalue weighted by Crippen LogP contribution is 2.49. The van der Waals surface area contributed by atoms with Crippen LogP contribution in [-0.2, 0) is 0 Å². The van der Waals surface area contributed by atoms with Gasteiger partial charge in [0, 0.05) is 11.1 Å². The van der Waals surface area contributed by atoms with Crippen LogP contribution in [0, 0.1) is 0 Å². The molecule has 0 aromatic heterocycles. The quantitative estimate of drug-likeness (QED) is 0.0622. The standard InChI is InChI=1S/C38H72Br2N2/c1-7-11-15-19-21-24-29-36(41-5,28-23-17-13-9-3)34-27-32-38(40,35(39)33-34)37(42-6,30-25-18-14-10-4)31-26-22-20-16-12-8-2/h27,32-33,35,41-42H,7-26,28-31H2,1-6H3. The molecule has 0 aromatic carbocycles. The van der Waals surface area contributed by atoms with E-state index in [1.54, 1.807) is 0 Å². The first-order valence-corrected chi connectivity index (χ1v) is 20.2. The van der Waals surface area contributed by atoms with Crippen LogP contribution in [0.15, 0.2) is 23.8 Å². The highest BCUT2D eigenvalue weighted by atomic mass is 79.9. The molecule has 4 unspecified atom stereocenters. The normalized spacial score (nSPS) is 21.7. The molecule has 42 heavy (non-hydrogen) atoms. The molecule has 4 heteroatoms. The highest BCUT2D eigenvalue weighted by Gasteiger charge is 2.51. The van der Waals surface area contributed by atoms with Crippen molar-refractivity contribution < 1.29 is 0 Å². The SMILES string of the molecule is CCCCCCCCC(CCCCCC)(NC)C1=CC(Br)C(Br)(C(CCCCCC)(CCCCCCCC)NC)C=C1. The summed E-state index contributed by atoms with van der Waals surface area (Å²) >= 11 is 8.70. The average Bonchev–Trinajstić information content (AvgIpc) is 3.00. The van der Waals surface area contributed by atoms with Crippen LogP contribution in [0.1, 0.15) is 182 Å². The number of hydrogen-bond acceptors (Lipinski definition) is 2. The molecule has 0 aromatic rings. The van der Waals surface area contributed by atoms with E-state index < -0.39 is 0 Å². The summed E-state index contributed by atoms with van der Waals surface area (Å²) in [7, 11) is 4.44. The molecule has 0 fully saturated rings. The number of rotatable bonds is 28. The van der Waals surface area contributed by atoms with E-state index in [-0.39, 0.29) is 20.2 Å². The van der Waals surface area contributed by atoms with Gasteiger partial charge in [0.15, 0.2) is 0 Å². The molecule has 1 aliphatic rings. The van der Waals surface area contributed by atoms with E-state index in [4.69, 9.17) is 0 Å². The highest BCUT2D eigenvalue weighted by molar-refractivity contribution is 9.12. The van der Waals surface area contributed by atoms with E-state index in [0.717, 1.165) is 0 Å². The van der Waals surface area contributed by atoms with E-state index in [0.29, 0.717) is 0 Å². The second-order valence-electron chi connectivity index (χ2n) is 13.4. The van der Waals surface area contributed by atoms with Gasteiger partial charge in [0.1, 0.15) is 0 Å². The maximum Gasteiger partial charge on any atom is 0.0780 e. The summed E-state index contributed by atoms with van der Waals surface area (Å²) in [6.07, 6.45) is 39.3. The summed E-state index contributed by atoms with van der Waals surface area (Å²) in [5, 5.41) is 7.84. The van der Waals surface area contributed by atoms with E-state index >= 15 is 0 Å². The molecule has 0 spiro atoms. The number of alkyl halides is 2. The Labute approximate surface area is 281 Å². The third kappa shape index (κ3) is 13.0. The van der Waals surface area contributed by atoms with Gasteiger partial charge < -0.3 is 10.6 Å². The van der Waals surface area contributed by atoms with E-state index in [1.807, 2.05) is 0 Å². The lowest BCUT2D eigenvalue weighted by molar-refractivity contribution is 0.238. The van der Waals surface area contributed by atoms with Crippen molar-refractivity contribution in [1.29, 1.82) is 0 Å². The molecule has 4 atom stereocenters. The van der Waals surface area contributed by atoms with Crippen LogP contribution in [0.2, 0.25) is 0 Å². The van der Waals surface area contributed by atoms with Gasteiger partial charge in [-0.3, -0.25) is 0 Å². The Bertz CT molecular complexity index is 722. The second kappa shape index (κ2) is 23.7. The molecule has 2 nitrogen and oxygen atoms in total. The Morgan fingerprint density at radius 2 is 0.976 bits per heavy atom. The molecule has 0 heterocycles. The lowest BCUT2D eigenvalue weighted by Crippen LogP contribution is -2.62. The topological polar surface area (TPSA) is 24.1 Å². The van der Waals surface area contributed by atoms with Crippen LogP contribution in [0.4, 0.5) is 0 Å². The van der Waals surface area contributed by atoms with E-state index in [9.17, 15) is 0 Å². The van der Waals surface area contributed by atoms with Crippen molar-refractivity contribution in [3.63, 3.8) is 0 Å². The van der Waals surface area contributed by atoms with Gasteiger partial charge >= 0.3 is 0 Å². The van der Waals surface area contributed by atoms with Crippen LogP contribution in [-0.4, -0.2) is 34.3 Å². The van der Waals surface area contributed by atoms with Crippen molar-refractivity contribution in [3.8, 4) is 0 Å². The summed E-state index contributed by atoms with van der Waals surface area (Å²) in [6.45, 7) is 9.26. The van der Waals surface area contributed by atoms with Crippen LogP contribution in [0.5, 0.6) is 0 Å². The lowest BCUT2D eigenvalue weighted by Gasteiger charge is -2.51. The Hall–Kier alpha value is 0.360. The molecule has 1 rings (SSSR count). The molecule has 248 valence electrons. The average molecular weight is 717 g/mol. The Kier molecular flexibility index (Phi) is 22.8. The van der Waals surface area contributed by atoms with Crippen LogP contribution >= 0.6 is 31.9 Å². The van der Waals surface area contributed by atoms with Crippen LogP contribution in [0.3, 0.4) is 0 Å². The van der Waals surface area contributed by atoms with Crippen molar-refractivity contribution in [2.45, 2.75) is 202 Å². The fraction of sp³-hybridized carbons (Fsp3) is 0.895. The number of hydrogen-bond donors (Lipinski definition) is 2. The monoisotopic (exact) mass is 714 g/mol. The predicted octanol–water partition coefficient (Wildman–Crippen LogP) is 12.7. The molecule has 0 saturated carbocycles. The minimum absolute atomic E-state index is 0.0287. The summed E-state index contributed by atoms with van der Waals surface area (Å²) in [4.78, 5) is 0.247. The third-order valence-corrected chi connectivity index (χ3v) is 13.4. The maximum atomic E-state index is 4.42. The molecule has 0 aliphatic heterocycles. The Balaban J connectivity index is 3.20. The molecule has 1 aliphatic carbocycles. The summed E-state index contributed by atoms with van der Waals surface area (Å²) in [5.74, 6) is 0. The van der Waals surface area contributed by atoms with E-state index in [2.05, 4.69) is 103 Å². The zero-order valence-electron chi connectivity index (χ0n) is 29.0. The molecular formula is C38H72Br2N2. The fourth-order valence-corrected chi connectivity index (χ4v) is 8.99. The van der Waals surface area contributed by atoms with Gasteiger partial charge in [0.05, 0.1) is 9.15 Å². The van der Waals surface area contributed by atoms with Gasteiger partial charge in [-0.15, -0.1) is 0 Å². The minimum Gasteiger partial charge on any atom is -0.313 e. The molecule has 2 N–H and O–H groups in total. The van der Waals surface area contributed by atoms with Crippen LogP contribution < -0.4 is 10.6 Å². The zero-order chi connectivity index (χ0) is 31.2. The number of unbranched alkanes of at least 4 members (excludes halogenated alkanes) is 16. The molecule has 0 radical (unpaired) electrons. The smallest absolute Gasteiger partial charge is 0.0780 e. The molecule has 0 saturated heterocycles. The van der Waals surface area contributed by atoms with Crippen molar-refractivity contribution >= 4 is 31.9 Å². The first-order chi connectivity index (χ1) is 20.3. The van der Waals surface area contributed by atoms with Crippen molar-refractivity contribution in [3.05, 3.63) is 23.8 Å². The number of allylic oxidation sites excluding steroid dienone is 1. The number of halogens is 2. The molecule has 0 amide bonds.